The third kappa shape index (κ3) is 3.15. The number of fused-ring (bicyclic) bond motifs is 1. The number of aromatic nitrogens is 3. The van der Waals surface area contributed by atoms with Crippen molar-refractivity contribution in [1.82, 2.24) is 24.2 Å². The van der Waals surface area contributed by atoms with Crippen molar-refractivity contribution in [3.05, 3.63) is 65.3 Å². The first kappa shape index (κ1) is 18.1. The lowest BCUT2D eigenvalue weighted by Gasteiger charge is -2.23. The van der Waals surface area contributed by atoms with Crippen LogP contribution in [0.4, 0.5) is 0 Å². The molecule has 1 spiro atoms. The molecule has 29 heavy (non-hydrogen) atoms. The van der Waals surface area contributed by atoms with Crippen LogP contribution in [0, 0.1) is 5.41 Å². The van der Waals surface area contributed by atoms with Gasteiger partial charge < -0.3 is 14.2 Å². The Bertz CT molecular complexity index is 1100. The topological polar surface area (TPSA) is 70.8 Å². The van der Waals surface area contributed by atoms with Gasteiger partial charge in [0.15, 0.2) is 0 Å². The first-order valence-corrected chi connectivity index (χ1v) is 10.0. The molecule has 0 aromatic carbocycles. The van der Waals surface area contributed by atoms with Crippen molar-refractivity contribution in [3.8, 4) is 0 Å². The Balaban J connectivity index is 1.31. The average molecular weight is 410 g/mol. The van der Waals surface area contributed by atoms with Gasteiger partial charge in [-0.3, -0.25) is 14.6 Å². The lowest BCUT2D eigenvalue weighted by atomic mass is 9.85. The molecule has 2 fully saturated rings. The molecule has 1 unspecified atom stereocenters. The van der Waals surface area contributed by atoms with Gasteiger partial charge in [-0.1, -0.05) is 17.7 Å². The maximum atomic E-state index is 13.1. The molecule has 2 aliphatic heterocycles. The molecule has 1 atom stereocenters. The Hall–Kier alpha value is -2.93. The average Bonchev–Trinajstić information content (AvgIpc) is 3.42. The highest BCUT2D eigenvalue weighted by atomic mass is 35.5. The molecular weight excluding hydrogens is 390 g/mol. The van der Waals surface area contributed by atoms with E-state index in [0.29, 0.717) is 49.0 Å². The summed E-state index contributed by atoms with van der Waals surface area (Å²) >= 11 is 6.01. The van der Waals surface area contributed by atoms with E-state index in [1.54, 1.807) is 40.0 Å². The molecule has 2 aliphatic rings. The van der Waals surface area contributed by atoms with Gasteiger partial charge in [0.2, 0.25) is 5.91 Å². The summed E-state index contributed by atoms with van der Waals surface area (Å²) in [6.45, 7) is 2.22. The van der Waals surface area contributed by atoms with E-state index in [0.717, 1.165) is 12.1 Å². The fourth-order valence-electron chi connectivity index (χ4n) is 4.39. The van der Waals surface area contributed by atoms with Crippen molar-refractivity contribution in [2.75, 3.05) is 19.6 Å². The summed E-state index contributed by atoms with van der Waals surface area (Å²) in [6, 6.07) is 9.25. The van der Waals surface area contributed by atoms with Crippen LogP contribution in [0.5, 0.6) is 0 Å². The number of rotatable bonds is 3. The molecule has 5 heterocycles. The van der Waals surface area contributed by atoms with Crippen LogP contribution in [0.2, 0.25) is 5.02 Å². The van der Waals surface area contributed by atoms with Crippen molar-refractivity contribution in [2.24, 2.45) is 5.41 Å². The molecule has 0 saturated carbocycles. The highest BCUT2D eigenvalue weighted by Crippen LogP contribution is 2.41. The largest absolute Gasteiger partial charge is 0.336 e. The normalized spacial score (nSPS) is 21.6. The fourth-order valence-corrected chi connectivity index (χ4v) is 4.55. The van der Waals surface area contributed by atoms with Crippen molar-refractivity contribution < 1.29 is 9.59 Å². The monoisotopic (exact) mass is 409 g/mol. The predicted octanol–water partition coefficient (Wildman–Crippen LogP) is 2.65. The Morgan fingerprint density at radius 3 is 2.83 bits per heavy atom. The van der Waals surface area contributed by atoms with Crippen LogP contribution in [0.1, 0.15) is 29.0 Å². The van der Waals surface area contributed by atoms with Crippen molar-refractivity contribution >= 4 is 29.1 Å². The number of likely N-dealkylation sites (tertiary alicyclic amines) is 2. The number of pyridine rings is 2. The van der Waals surface area contributed by atoms with Crippen LogP contribution < -0.4 is 0 Å². The summed E-state index contributed by atoms with van der Waals surface area (Å²) in [6.07, 6.45) is 6.61. The third-order valence-electron chi connectivity index (χ3n) is 5.96. The van der Waals surface area contributed by atoms with Crippen LogP contribution in [0.15, 0.2) is 48.9 Å². The molecule has 0 N–H and O–H groups in total. The van der Waals surface area contributed by atoms with Gasteiger partial charge in [-0.25, -0.2) is 4.98 Å². The molecule has 0 bridgehead atoms. The van der Waals surface area contributed by atoms with E-state index in [2.05, 4.69) is 9.97 Å². The smallest absolute Gasteiger partial charge is 0.274 e. The van der Waals surface area contributed by atoms with E-state index in [1.165, 1.54) is 0 Å². The van der Waals surface area contributed by atoms with Crippen molar-refractivity contribution in [2.45, 2.75) is 19.4 Å². The Morgan fingerprint density at radius 2 is 2.00 bits per heavy atom. The van der Waals surface area contributed by atoms with Gasteiger partial charge in [-0.15, -0.1) is 0 Å². The number of halogens is 1. The summed E-state index contributed by atoms with van der Waals surface area (Å²) in [7, 11) is 0. The first-order valence-electron chi connectivity index (χ1n) is 9.67. The first-order chi connectivity index (χ1) is 14.0. The van der Waals surface area contributed by atoms with Gasteiger partial charge in [0.25, 0.3) is 5.91 Å². The van der Waals surface area contributed by atoms with E-state index < -0.39 is 5.41 Å². The zero-order chi connectivity index (χ0) is 20.0. The molecule has 0 radical (unpaired) electrons. The number of carbonyl (C=O) groups is 2. The maximum absolute atomic E-state index is 13.1. The predicted molar refractivity (Wildman–Crippen MR) is 107 cm³/mol. The van der Waals surface area contributed by atoms with Gasteiger partial charge in [0.05, 0.1) is 22.7 Å². The standard InChI is InChI=1S/C21H20ClN5O2/c22-15-4-5-18-24-17(13-27(18)11-15)19(28)26-10-7-21(14-26)6-9-25(20(21)29)12-16-3-1-2-8-23-16/h1-5,8,11,13H,6-7,9-10,12,14H2. The molecule has 8 heteroatoms. The number of hydrogen-bond acceptors (Lipinski definition) is 4. The highest BCUT2D eigenvalue weighted by molar-refractivity contribution is 6.30. The molecule has 7 nitrogen and oxygen atoms in total. The third-order valence-corrected chi connectivity index (χ3v) is 6.18. The van der Waals surface area contributed by atoms with Crippen LogP contribution >= 0.6 is 11.6 Å². The van der Waals surface area contributed by atoms with Gasteiger partial charge in [0.1, 0.15) is 11.3 Å². The number of carbonyl (C=O) groups excluding carboxylic acids is 2. The second-order valence-electron chi connectivity index (χ2n) is 7.79. The number of amides is 2. The van der Waals surface area contributed by atoms with Crippen LogP contribution in [0.25, 0.3) is 5.65 Å². The molecule has 2 saturated heterocycles. The molecule has 0 aliphatic carbocycles. The summed E-state index contributed by atoms with van der Waals surface area (Å²) in [5.74, 6) is -0.0158. The fraction of sp³-hybridized carbons (Fsp3) is 0.333. The van der Waals surface area contributed by atoms with E-state index in [9.17, 15) is 9.59 Å². The van der Waals surface area contributed by atoms with Gasteiger partial charge in [-0.05, 0) is 37.1 Å². The minimum atomic E-state index is -0.479. The van der Waals surface area contributed by atoms with Crippen LogP contribution in [-0.2, 0) is 11.3 Å². The van der Waals surface area contributed by atoms with Crippen LogP contribution in [0.3, 0.4) is 0 Å². The second-order valence-corrected chi connectivity index (χ2v) is 8.23. The Morgan fingerprint density at radius 1 is 1.14 bits per heavy atom. The lowest BCUT2D eigenvalue weighted by molar-refractivity contribution is -0.135. The van der Waals surface area contributed by atoms with Crippen LogP contribution in [-0.4, -0.2) is 55.6 Å². The summed E-state index contributed by atoms with van der Waals surface area (Å²) in [5.41, 5.74) is 1.45. The molecular formula is C21H20ClN5O2. The molecule has 2 amide bonds. The van der Waals surface area contributed by atoms with Gasteiger partial charge in [-0.2, -0.15) is 0 Å². The minimum absolute atomic E-state index is 0.125. The SMILES string of the molecule is O=C(c1cn2cc(Cl)ccc2n1)N1CCC2(CCN(Cc3ccccn3)C2=O)C1. The Labute approximate surface area is 172 Å². The second kappa shape index (κ2) is 6.84. The molecule has 3 aromatic rings. The zero-order valence-electron chi connectivity index (χ0n) is 15.8. The number of nitrogens with zero attached hydrogens (tertiary/aromatic N) is 5. The highest BCUT2D eigenvalue weighted by Gasteiger charge is 2.51. The lowest BCUT2D eigenvalue weighted by Crippen LogP contribution is -2.38. The molecule has 5 rings (SSSR count). The number of hydrogen-bond donors (Lipinski definition) is 0. The van der Waals surface area contributed by atoms with Gasteiger partial charge >= 0.3 is 0 Å². The maximum Gasteiger partial charge on any atom is 0.274 e. The number of imidazole rings is 1. The van der Waals surface area contributed by atoms with E-state index in [1.807, 2.05) is 23.1 Å². The quantitative estimate of drug-likeness (QED) is 0.666. The Kier molecular flexibility index (Phi) is 4.28. The van der Waals surface area contributed by atoms with E-state index in [4.69, 9.17) is 11.6 Å². The summed E-state index contributed by atoms with van der Waals surface area (Å²) < 4.78 is 1.75. The van der Waals surface area contributed by atoms with E-state index in [-0.39, 0.29) is 11.8 Å². The van der Waals surface area contributed by atoms with E-state index >= 15 is 0 Å². The zero-order valence-corrected chi connectivity index (χ0v) is 16.5. The summed E-state index contributed by atoms with van der Waals surface area (Å²) in [5, 5.41) is 0.582. The minimum Gasteiger partial charge on any atom is -0.336 e. The van der Waals surface area contributed by atoms with Gasteiger partial charge in [0, 0.05) is 38.2 Å². The molecule has 148 valence electrons. The van der Waals surface area contributed by atoms with Crippen molar-refractivity contribution in [1.29, 1.82) is 0 Å². The molecule has 3 aromatic heterocycles. The summed E-state index contributed by atoms with van der Waals surface area (Å²) in [4.78, 5) is 38.5. The van der Waals surface area contributed by atoms with Crippen molar-refractivity contribution in [3.63, 3.8) is 0 Å².